The number of hydrogen-bond donors (Lipinski definition) is 1. The number of benzene rings is 1. The Balaban J connectivity index is 2.00. The van der Waals surface area contributed by atoms with Crippen molar-refractivity contribution in [3.05, 3.63) is 29.3 Å². The summed E-state index contributed by atoms with van der Waals surface area (Å²) in [5.41, 5.74) is 9.56. The van der Waals surface area contributed by atoms with Crippen molar-refractivity contribution in [2.24, 2.45) is 0 Å². The average molecular weight is 232 g/mol. The van der Waals surface area contributed by atoms with Gasteiger partial charge in [0, 0.05) is 5.69 Å². The summed E-state index contributed by atoms with van der Waals surface area (Å²) in [5.74, 6) is 0.740. The number of anilines is 1. The van der Waals surface area contributed by atoms with Crippen molar-refractivity contribution in [3.63, 3.8) is 0 Å². The maximum atomic E-state index is 5.81. The molecule has 0 aromatic heterocycles. The molecule has 0 spiro atoms. The molecule has 1 heterocycles. The quantitative estimate of drug-likeness (QED) is 0.811. The molecule has 17 heavy (non-hydrogen) atoms. The van der Waals surface area contributed by atoms with Gasteiger partial charge in [-0.1, -0.05) is 13.0 Å². The van der Waals surface area contributed by atoms with Crippen LogP contribution in [0.2, 0.25) is 0 Å². The lowest BCUT2D eigenvalue weighted by molar-refractivity contribution is 0.212. The second kappa shape index (κ2) is 5.54. The van der Waals surface area contributed by atoms with Crippen molar-refractivity contribution in [1.82, 2.24) is 4.90 Å². The lowest BCUT2D eigenvalue weighted by Gasteiger charge is -2.32. The molecule has 94 valence electrons. The number of piperidine rings is 1. The van der Waals surface area contributed by atoms with Crippen molar-refractivity contribution in [3.8, 4) is 0 Å². The van der Waals surface area contributed by atoms with Crippen LogP contribution in [0, 0.1) is 6.92 Å². The zero-order valence-corrected chi connectivity index (χ0v) is 11.1. The molecule has 1 aliphatic heterocycles. The van der Waals surface area contributed by atoms with Crippen LogP contribution in [0.15, 0.2) is 18.2 Å². The minimum absolute atomic E-state index is 0.740. The van der Waals surface area contributed by atoms with Gasteiger partial charge in [0.15, 0.2) is 0 Å². The number of nitrogens with zero attached hydrogens (tertiary/aromatic N) is 1. The minimum atomic E-state index is 0.740. The van der Waals surface area contributed by atoms with E-state index in [1.165, 1.54) is 50.0 Å². The van der Waals surface area contributed by atoms with Gasteiger partial charge >= 0.3 is 0 Å². The van der Waals surface area contributed by atoms with Crippen LogP contribution in [-0.4, -0.2) is 24.5 Å². The Morgan fingerprint density at radius 3 is 2.59 bits per heavy atom. The molecule has 0 saturated carbocycles. The maximum absolute atomic E-state index is 5.81. The molecule has 1 aromatic carbocycles. The van der Waals surface area contributed by atoms with E-state index in [1.807, 2.05) is 6.07 Å². The first-order valence-corrected chi connectivity index (χ1v) is 6.79. The Bertz CT molecular complexity index is 365. The third-order valence-electron chi connectivity index (χ3n) is 3.86. The second-order valence-electron chi connectivity index (χ2n) is 5.23. The van der Waals surface area contributed by atoms with Crippen LogP contribution < -0.4 is 5.73 Å². The number of aryl methyl sites for hydroxylation is 1. The Morgan fingerprint density at radius 1 is 1.29 bits per heavy atom. The zero-order valence-electron chi connectivity index (χ0n) is 11.1. The second-order valence-corrected chi connectivity index (χ2v) is 5.23. The number of nitrogen functional groups attached to an aromatic ring is 1. The van der Waals surface area contributed by atoms with E-state index in [4.69, 9.17) is 5.73 Å². The van der Waals surface area contributed by atoms with Crippen molar-refractivity contribution >= 4 is 5.69 Å². The van der Waals surface area contributed by atoms with Crippen LogP contribution in [-0.2, 0) is 0 Å². The summed E-state index contributed by atoms with van der Waals surface area (Å²) in [7, 11) is 0. The topological polar surface area (TPSA) is 29.3 Å². The fraction of sp³-hybridized carbons (Fsp3) is 0.600. The predicted molar refractivity (Wildman–Crippen MR) is 74.3 cm³/mol. The highest BCUT2D eigenvalue weighted by Gasteiger charge is 2.20. The molecule has 1 aliphatic rings. The fourth-order valence-electron chi connectivity index (χ4n) is 2.94. The van der Waals surface area contributed by atoms with Crippen LogP contribution in [0.3, 0.4) is 0 Å². The summed E-state index contributed by atoms with van der Waals surface area (Å²) in [6.07, 6.45) is 3.86. The number of likely N-dealkylation sites (tertiary alicyclic amines) is 1. The maximum Gasteiger partial charge on any atom is 0.0316 e. The molecular formula is C15H24N2. The fourth-order valence-corrected chi connectivity index (χ4v) is 2.94. The van der Waals surface area contributed by atoms with Crippen molar-refractivity contribution in [1.29, 1.82) is 0 Å². The number of hydrogen-bond acceptors (Lipinski definition) is 2. The largest absolute Gasteiger partial charge is 0.399 e. The van der Waals surface area contributed by atoms with E-state index in [0.29, 0.717) is 0 Å². The van der Waals surface area contributed by atoms with Gasteiger partial charge in [-0.25, -0.2) is 0 Å². The molecule has 2 N–H and O–H groups in total. The summed E-state index contributed by atoms with van der Waals surface area (Å²) in [5, 5.41) is 0. The highest BCUT2D eigenvalue weighted by molar-refractivity contribution is 5.45. The Morgan fingerprint density at radius 2 is 2.00 bits per heavy atom. The van der Waals surface area contributed by atoms with Gasteiger partial charge in [-0.2, -0.15) is 0 Å². The third kappa shape index (κ3) is 3.01. The standard InChI is InChI=1S/C15H24N2/c1-3-8-17-9-6-13(7-10-17)15-5-4-14(16)11-12(15)2/h4-5,11,13H,3,6-10,16H2,1-2H3. The van der Waals surface area contributed by atoms with Gasteiger partial charge in [0.2, 0.25) is 0 Å². The van der Waals surface area contributed by atoms with E-state index in [0.717, 1.165) is 11.6 Å². The van der Waals surface area contributed by atoms with Crippen LogP contribution in [0.5, 0.6) is 0 Å². The highest BCUT2D eigenvalue weighted by atomic mass is 15.1. The Kier molecular flexibility index (Phi) is 4.06. The Labute approximate surface area is 105 Å². The number of rotatable bonds is 3. The lowest BCUT2D eigenvalue weighted by atomic mass is 9.86. The lowest BCUT2D eigenvalue weighted by Crippen LogP contribution is -2.33. The van der Waals surface area contributed by atoms with Gasteiger partial charge < -0.3 is 10.6 Å². The van der Waals surface area contributed by atoms with Gasteiger partial charge in [-0.05, 0) is 75.0 Å². The summed E-state index contributed by atoms with van der Waals surface area (Å²) < 4.78 is 0. The van der Waals surface area contributed by atoms with Crippen LogP contribution >= 0.6 is 0 Å². The molecule has 2 heteroatoms. The normalized spacial score (nSPS) is 18.5. The smallest absolute Gasteiger partial charge is 0.0316 e. The van der Waals surface area contributed by atoms with Gasteiger partial charge in [0.25, 0.3) is 0 Å². The summed E-state index contributed by atoms with van der Waals surface area (Å²) in [6.45, 7) is 8.21. The zero-order chi connectivity index (χ0) is 12.3. The van der Waals surface area contributed by atoms with Gasteiger partial charge in [-0.15, -0.1) is 0 Å². The highest BCUT2D eigenvalue weighted by Crippen LogP contribution is 2.30. The van der Waals surface area contributed by atoms with Gasteiger partial charge in [0.1, 0.15) is 0 Å². The van der Waals surface area contributed by atoms with Gasteiger partial charge in [-0.3, -0.25) is 0 Å². The van der Waals surface area contributed by atoms with E-state index in [-0.39, 0.29) is 0 Å². The van der Waals surface area contributed by atoms with E-state index >= 15 is 0 Å². The molecule has 2 nitrogen and oxygen atoms in total. The minimum Gasteiger partial charge on any atom is -0.399 e. The molecule has 2 rings (SSSR count). The Hall–Kier alpha value is -1.02. The molecule has 1 saturated heterocycles. The van der Waals surface area contributed by atoms with E-state index < -0.39 is 0 Å². The third-order valence-corrected chi connectivity index (χ3v) is 3.86. The van der Waals surface area contributed by atoms with E-state index in [9.17, 15) is 0 Å². The summed E-state index contributed by atoms with van der Waals surface area (Å²) in [6, 6.07) is 6.37. The molecule has 0 amide bonds. The SMILES string of the molecule is CCCN1CCC(c2ccc(N)cc2C)CC1. The van der Waals surface area contributed by atoms with Gasteiger partial charge in [0.05, 0.1) is 0 Å². The first-order chi connectivity index (χ1) is 8.20. The van der Waals surface area contributed by atoms with Crippen molar-refractivity contribution < 1.29 is 0 Å². The van der Waals surface area contributed by atoms with Crippen molar-refractivity contribution in [2.45, 2.75) is 39.0 Å². The van der Waals surface area contributed by atoms with Crippen LogP contribution in [0.25, 0.3) is 0 Å². The molecule has 0 atom stereocenters. The van der Waals surface area contributed by atoms with Crippen molar-refractivity contribution in [2.75, 3.05) is 25.4 Å². The molecule has 1 fully saturated rings. The number of nitrogens with two attached hydrogens (primary N) is 1. The van der Waals surface area contributed by atoms with Crippen LogP contribution in [0.1, 0.15) is 43.2 Å². The predicted octanol–water partition coefficient (Wildman–Crippen LogP) is 3.17. The first kappa shape index (κ1) is 12.4. The monoisotopic (exact) mass is 232 g/mol. The van der Waals surface area contributed by atoms with E-state index in [1.54, 1.807) is 0 Å². The summed E-state index contributed by atoms with van der Waals surface area (Å²) >= 11 is 0. The summed E-state index contributed by atoms with van der Waals surface area (Å²) in [4.78, 5) is 2.59. The van der Waals surface area contributed by atoms with E-state index in [2.05, 4.69) is 30.9 Å². The molecule has 0 unspecified atom stereocenters. The first-order valence-electron chi connectivity index (χ1n) is 6.79. The molecule has 0 radical (unpaired) electrons. The molecular weight excluding hydrogens is 208 g/mol. The average Bonchev–Trinajstić information content (AvgIpc) is 2.31. The van der Waals surface area contributed by atoms with Crippen LogP contribution in [0.4, 0.5) is 5.69 Å². The molecule has 0 bridgehead atoms. The molecule has 0 aliphatic carbocycles. The molecule has 1 aromatic rings.